The minimum absolute atomic E-state index is 0.112. The molecule has 0 saturated carbocycles. The number of rotatable bonds is 4. The summed E-state index contributed by atoms with van der Waals surface area (Å²) in [5.74, 6) is -0.112. The van der Waals surface area contributed by atoms with Gasteiger partial charge < -0.3 is 9.47 Å². The van der Waals surface area contributed by atoms with Gasteiger partial charge in [0.1, 0.15) is 11.3 Å². The molecule has 1 aromatic carbocycles. The molecule has 0 radical (unpaired) electrons. The van der Waals surface area contributed by atoms with Crippen molar-refractivity contribution in [3.8, 4) is 0 Å². The van der Waals surface area contributed by atoms with Crippen molar-refractivity contribution in [3.05, 3.63) is 62.4 Å². The second-order valence-electron chi connectivity index (χ2n) is 8.87. The van der Waals surface area contributed by atoms with Gasteiger partial charge in [0.15, 0.2) is 0 Å². The summed E-state index contributed by atoms with van der Waals surface area (Å²) in [5.41, 5.74) is 1.45. The first-order valence-corrected chi connectivity index (χ1v) is 12.1. The normalized spacial score (nSPS) is 16.9. The molecular weight excluding hydrogens is 486 g/mol. The smallest absolute Gasteiger partial charge is 0.336 e. The molecule has 1 amide bonds. The largest absolute Gasteiger partial charge is 0.433 e. The molecule has 9 heteroatoms. The number of carbonyl (C=O) groups is 1. The van der Waals surface area contributed by atoms with E-state index in [2.05, 4.69) is 11.9 Å². The van der Waals surface area contributed by atoms with Gasteiger partial charge in [0, 0.05) is 42.2 Å². The third kappa shape index (κ3) is 4.52. The number of nitrogens with zero attached hydrogens (tertiary/aromatic N) is 3. The van der Waals surface area contributed by atoms with Crippen molar-refractivity contribution in [3.63, 3.8) is 0 Å². The van der Waals surface area contributed by atoms with Gasteiger partial charge >= 0.3 is 6.18 Å². The maximum Gasteiger partial charge on any atom is 0.433 e. The van der Waals surface area contributed by atoms with Crippen LogP contribution in [0.4, 0.5) is 13.2 Å². The lowest BCUT2D eigenvalue weighted by molar-refractivity contribution is -0.141. The van der Waals surface area contributed by atoms with E-state index in [0.717, 1.165) is 31.7 Å². The zero-order chi connectivity index (χ0) is 24.8. The number of carbonyl (C=O) groups excluding carboxylic acids is 1. The lowest BCUT2D eigenvalue weighted by Gasteiger charge is -2.35. The number of fused-ring (bicyclic) bond motifs is 1. The fraction of sp³-hybridized carbons (Fsp3) is 0.440. The van der Waals surface area contributed by atoms with E-state index in [1.54, 1.807) is 36.7 Å². The Labute approximate surface area is 206 Å². The highest BCUT2D eigenvalue weighted by Crippen LogP contribution is 2.35. The molecule has 0 aliphatic carbocycles. The van der Waals surface area contributed by atoms with Gasteiger partial charge in [-0.3, -0.25) is 4.79 Å². The van der Waals surface area contributed by atoms with Crippen LogP contribution in [-0.4, -0.2) is 32.9 Å². The summed E-state index contributed by atoms with van der Waals surface area (Å²) in [5, 5.41) is 1.31. The zero-order valence-electron chi connectivity index (χ0n) is 19.3. The molecule has 4 rings (SSSR count). The molecule has 0 N–H and O–H groups in total. The molecule has 1 aliphatic heterocycles. The Morgan fingerprint density at radius 3 is 2.62 bits per heavy atom. The number of hydrogen-bond acceptors (Lipinski definition) is 2. The number of amides is 1. The number of piperidine rings is 1. The van der Waals surface area contributed by atoms with E-state index in [4.69, 9.17) is 23.2 Å². The van der Waals surface area contributed by atoms with Crippen LogP contribution in [0.3, 0.4) is 0 Å². The number of likely N-dealkylation sites (tertiary alicyclic amines) is 1. The van der Waals surface area contributed by atoms with E-state index in [-0.39, 0.29) is 29.0 Å². The standard InChI is InChI=1S/C25H26Cl2F3N3O/c1-4-15-7-5-6-10-33(15)24(34)17-8-9-20(26)19(22(17)27)13-16-12-18-14(2)11-21(25(28,29)30)31-23(18)32(16)3/h8-9,11-12,15H,4-7,10,13H2,1-3H3. The van der Waals surface area contributed by atoms with Gasteiger partial charge in [-0.25, -0.2) is 4.98 Å². The summed E-state index contributed by atoms with van der Waals surface area (Å²) in [6.45, 7) is 4.40. The zero-order valence-corrected chi connectivity index (χ0v) is 20.8. The Balaban J connectivity index is 1.73. The van der Waals surface area contributed by atoms with Gasteiger partial charge in [0.2, 0.25) is 0 Å². The molecule has 1 fully saturated rings. The van der Waals surface area contributed by atoms with Crippen LogP contribution < -0.4 is 0 Å². The monoisotopic (exact) mass is 511 g/mol. The first-order chi connectivity index (χ1) is 16.0. The van der Waals surface area contributed by atoms with E-state index in [1.807, 2.05) is 4.90 Å². The second-order valence-corrected chi connectivity index (χ2v) is 9.66. The molecule has 0 spiro atoms. The van der Waals surface area contributed by atoms with Crippen molar-refractivity contribution >= 4 is 40.1 Å². The number of aromatic nitrogens is 2. The lowest BCUT2D eigenvalue weighted by Crippen LogP contribution is -2.43. The number of benzene rings is 1. The van der Waals surface area contributed by atoms with Crippen LogP contribution in [0.2, 0.25) is 10.0 Å². The Kier molecular flexibility index (Phi) is 6.89. The number of alkyl halides is 3. The molecule has 3 aromatic rings. The van der Waals surface area contributed by atoms with Crippen molar-refractivity contribution < 1.29 is 18.0 Å². The number of pyridine rings is 1. The molecule has 2 aromatic heterocycles. The van der Waals surface area contributed by atoms with E-state index >= 15 is 0 Å². The highest BCUT2D eigenvalue weighted by Gasteiger charge is 2.34. The number of hydrogen-bond donors (Lipinski definition) is 0. The highest BCUT2D eigenvalue weighted by molar-refractivity contribution is 6.38. The quantitative estimate of drug-likeness (QED) is 0.371. The second kappa shape index (κ2) is 9.42. The molecule has 0 bridgehead atoms. The van der Waals surface area contributed by atoms with E-state index in [9.17, 15) is 18.0 Å². The van der Waals surface area contributed by atoms with Gasteiger partial charge in [-0.2, -0.15) is 13.2 Å². The molecule has 3 heterocycles. The summed E-state index contributed by atoms with van der Waals surface area (Å²) in [6.07, 6.45) is -0.359. The molecule has 1 atom stereocenters. The van der Waals surface area contributed by atoms with Crippen LogP contribution in [0.15, 0.2) is 24.3 Å². The molecule has 1 unspecified atom stereocenters. The fourth-order valence-electron chi connectivity index (χ4n) is 4.77. The molecular formula is C25H26Cl2F3N3O. The molecule has 4 nitrogen and oxygen atoms in total. The third-order valence-electron chi connectivity index (χ3n) is 6.73. The molecule has 1 aliphatic rings. The van der Waals surface area contributed by atoms with Crippen LogP contribution in [0, 0.1) is 6.92 Å². The Bertz CT molecular complexity index is 1250. The first kappa shape index (κ1) is 24.9. The predicted molar refractivity (Wildman–Crippen MR) is 129 cm³/mol. The maximum atomic E-state index is 13.4. The van der Waals surface area contributed by atoms with Crippen molar-refractivity contribution in [1.82, 2.24) is 14.5 Å². The number of halogens is 5. The van der Waals surface area contributed by atoms with Gasteiger partial charge in [0.25, 0.3) is 5.91 Å². The van der Waals surface area contributed by atoms with Crippen molar-refractivity contribution in [2.45, 2.75) is 58.2 Å². The number of aryl methyl sites for hydroxylation is 2. The van der Waals surface area contributed by atoms with Crippen molar-refractivity contribution in [1.29, 1.82) is 0 Å². The fourth-order valence-corrected chi connectivity index (χ4v) is 5.35. The first-order valence-electron chi connectivity index (χ1n) is 11.3. The van der Waals surface area contributed by atoms with E-state index < -0.39 is 11.9 Å². The van der Waals surface area contributed by atoms with Gasteiger partial charge in [0.05, 0.1) is 10.6 Å². The minimum atomic E-state index is -4.53. The third-order valence-corrected chi connectivity index (χ3v) is 7.51. The molecule has 182 valence electrons. The molecule has 34 heavy (non-hydrogen) atoms. The Morgan fingerprint density at radius 2 is 1.94 bits per heavy atom. The van der Waals surface area contributed by atoms with E-state index in [0.29, 0.717) is 39.3 Å². The minimum Gasteiger partial charge on any atom is -0.336 e. The Hall–Kier alpha value is -2.25. The summed E-state index contributed by atoms with van der Waals surface area (Å²) in [7, 11) is 1.67. The van der Waals surface area contributed by atoms with Crippen LogP contribution in [0.5, 0.6) is 0 Å². The summed E-state index contributed by atoms with van der Waals surface area (Å²) in [6, 6.07) is 6.35. The van der Waals surface area contributed by atoms with Gasteiger partial charge in [-0.05, 0) is 68.0 Å². The topological polar surface area (TPSA) is 38.1 Å². The molecule has 1 saturated heterocycles. The summed E-state index contributed by atoms with van der Waals surface area (Å²) in [4.78, 5) is 19.1. The summed E-state index contributed by atoms with van der Waals surface area (Å²) >= 11 is 13.2. The van der Waals surface area contributed by atoms with Crippen molar-refractivity contribution in [2.75, 3.05) is 6.54 Å². The average molecular weight is 512 g/mol. The van der Waals surface area contributed by atoms with Gasteiger partial charge in [-0.15, -0.1) is 0 Å². The van der Waals surface area contributed by atoms with Crippen LogP contribution >= 0.6 is 23.2 Å². The summed E-state index contributed by atoms with van der Waals surface area (Å²) < 4.78 is 41.4. The SMILES string of the molecule is CCC1CCCCN1C(=O)c1ccc(Cl)c(Cc2cc3c(C)cc(C(F)(F)F)nc3n2C)c1Cl. The average Bonchev–Trinajstić information content (AvgIpc) is 3.11. The predicted octanol–water partition coefficient (Wildman–Crippen LogP) is 7.20. The maximum absolute atomic E-state index is 13.4. The highest BCUT2D eigenvalue weighted by atomic mass is 35.5. The lowest BCUT2D eigenvalue weighted by atomic mass is 9.98. The van der Waals surface area contributed by atoms with Crippen LogP contribution in [-0.2, 0) is 19.6 Å². The van der Waals surface area contributed by atoms with Gasteiger partial charge in [-0.1, -0.05) is 30.1 Å². The Morgan fingerprint density at radius 1 is 1.21 bits per heavy atom. The van der Waals surface area contributed by atoms with Crippen molar-refractivity contribution in [2.24, 2.45) is 7.05 Å². The van der Waals surface area contributed by atoms with Crippen LogP contribution in [0.25, 0.3) is 11.0 Å². The van der Waals surface area contributed by atoms with E-state index in [1.165, 1.54) is 0 Å². The van der Waals surface area contributed by atoms with Crippen LogP contribution in [0.1, 0.15) is 65.5 Å².